The van der Waals surface area contributed by atoms with Gasteiger partial charge < -0.3 is 24.8 Å². The Morgan fingerprint density at radius 3 is 2.50 bits per heavy atom. The number of hydrogen-bond donors (Lipinski definition) is 3. The molecule has 4 rings (SSSR count). The van der Waals surface area contributed by atoms with Gasteiger partial charge in [0.05, 0.1) is 11.0 Å². The number of rotatable bonds is 2. The number of anilines is 1. The predicted molar refractivity (Wildman–Crippen MR) is 85.7 cm³/mol. The zero-order chi connectivity index (χ0) is 16.7. The molecule has 0 atom stereocenters. The highest BCUT2D eigenvalue weighted by Gasteiger charge is 2.15. The Bertz CT molecular complexity index is 1080. The molecule has 0 fully saturated rings. The minimum atomic E-state index is -0.768. The molecule has 0 unspecified atom stereocenters. The van der Waals surface area contributed by atoms with Crippen molar-refractivity contribution in [1.29, 1.82) is 0 Å². The number of carbonyl (C=O) groups excluding carboxylic acids is 1. The van der Waals surface area contributed by atoms with Gasteiger partial charge in [0.1, 0.15) is 0 Å². The molecule has 1 aromatic heterocycles. The van der Waals surface area contributed by atoms with E-state index in [1.54, 1.807) is 30.3 Å². The van der Waals surface area contributed by atoms with E-state index >= 15 is 0 Å². The first-order chi connectivity index (χ1) is 11.6. The van der Waals surface area contributed by atoms with Gasteiger partial charge in [-0.05, 0) is 30.3 Å². The minimum absolute atomic E-state index is 0.156. The number of aromatic nitrogens is 2. The molecular formula is C16H11N3O5. The van der Waals surface area contributed by atoms with Crippen LogP contribution in [0.1, 0.15) is 10.4 Å². The van der Waals surface area contributed by atoms with E-state index in [1.165, 1.54) is 6.07 Å². The van der Waals surface area contributed by atoms with Crippen molar-refractivity contribution >= 4 is 22.6 Å². The lowest BCUT2D eigenvalue weighted by Crippen LogP contribution is -2.29. The van der Waals surface area contributed by atoms with Crippen LogP contribution in [0.15, 0.2) is 46.0 Å². The third-order valence-electron chi connectivity index (χ3n) is 3.61. The first-order valence-electron chi connectivity index (χ1n) is 7.07. The zero-order valence-electron chi connectivity index (χ0n) is 12.2. The second kappa shape index (κ2) is 5.27. The van der Waals surface area contributed by atoms with Crippen LogP contribution in [0.4, 0.5) is 5.69 Å². The van der Waals surface area contributed by atoms with Gasteiger partial charge in [0.2, 0.25) is 6.79 Å². The maximum atomic E-state index is 12.4. The van der Waals surface area contributed by atoms with Gasteiger partial charge in [-0.3, -0.25) is 14.4 Å². The summed E-state index contributed by atoms with van der Waals surface area (Å²) in [5.41, 5.74) is 0.204. The molecule has 1 amide bonds. The largest absolute Gasteiger partial charge is 0.454 e. The summed E-state index contributed by atoms with van der Waals surface area (Å²) >= 11 is 0. The summed E-state index contributed by atoms with van der Waals surface area (Å²) < 4.78 is 10.5. The summed E-state index contributed by atoms with van der Waals surface area (Å²) in [6.45, 7) is 0.156. The number of H-pyrrole nitrogens is 2. The van der Waals surface area contributed by atoms with Crippen molar-refractivity contribution in [2.24, 2.45) is 0 Å². The highest BCUT2D eigenvalue weighted by Crippen LogP contribution is 2.34. The molecular weight excluding hydrogens is 314 g/mol. The van der Waals surface area contributed by atoms with Crippen LogP contribution >= 0.6 is 0 Å². The number of hydrogen-bond acceptors (Lipinski definition) is 5. The van der Waals surface area contributed by atoms with E-state index in [0.29, 0.717) is 33.8 Å². The van der Waals surface area contributed by atoms with Crippen molar-refractivity contribution in [2.45, 2.75) is 0 Å². The second-order valence-electron chi connectivity index (χ2n) is 5.19. The monoisotopic (exact) mass is 325 g/mol. The van der Waals surface area contributed by atoms with Crippen molar-refractivity contribution in [3.63, 3.8) is 0 Å². The fourth-order valence-electron chi connectivity index (χ4n) is 2.43. The topological polar surface area (TPSA) is 113 Å². The summed E-state index contributed by atoms with van der Waals surface area (Å²) in [5, 5.41) is 2.74. The molecule has 1 aliphatic rings. The lowest BCUT2D eigenvalue weighted by atomic mass is 10.1. The van der Waals surface area contributed by atoms with E-state index < -0.39 is 11.1 Å². The molecule has 1 aliphatic heterocycles. The summed E-state index contributed by atoms with van der Waals surface area (Å²) in [6.07, 6.45) is 0. The smallest absolute Gasteiger partial charge is 0.314 e. The molecule has 2 heterocycles. The Morgan fingerprint density at radius 2 is 1.67 bits per heavy atom. The molecule has 0 radical (unpaired) electrons. The molecule has 3 aromatic rings. The van der Waals surface area contributed by atoms with Crippen LogP contribution in [-0.2, 0) is 0 Å². The first-order valence-corrected chi connectivity index (χ1v) is 7.07. The van der Waals surface area contributed by atoms with Gasteiger partial charge in [0.15, 0.2) is 11.5 Å². The van der Waals surface area contributed by atoms with E-state index in [0.717, 1.165) is 0 Å². The number of fused-ring (bicyclic) bond motifs is 2. The SMILES string of the molecule is O=C(Nc1ccc2c(c1)OCO2)c1ccc2[nH]c(=O)c(=O)[nH]c2c1. The van der Waals surface area contributed by atoms with Gasteiger partial charge >= 0.3 is 11.1 Å². The Balaban J connectivity index is 1.64. The predicted octanol–water partition coefficient (Wildman–Crippen LogP) is 1.20. The molecule has 120 valence electrons. The molecule has 0 bridgehead atoms. The van der Waals surface area contributed by atoms with Crippen LogP contribution in [0.5, 0.6) is 11.5 Å². The summed E-state index contributed by atoms with van der Waals surface area (Å²) in [6, 6.07) is 9.68. The highest BCUT2D eigenvalue weighted by atomic mass is 16.7. The number of carbonyl (C=O) groups is 1. The van der Waals surface area contributed by atoms with Crippen LogP contribution in [0.3, 0.4) is 0 Å². The molecule has 0 spiro atoms. The number of amides is 1. The van der Waals surface area contributed by atoms with Crippen molar-refractivity contribution in [1.82, 2.24) is 9.97 Å². The Labute approximate surface area is 134 Å². The van der Waals surface area contributed by atoms with Gasteiger partial charge in [0.25, 0.3) is 5.91 Å². The second-order valence-corrected chi connectivity index (χ2v) is 5.19. The number of ether oxygens (including phenoxy) is 2. The average Bonchev–Trinajstić information content (AvgIpc) is 3.03. The molecule has 8 heteroatoms. The third kappa shape index (κ3) is 2.39. The van der Waals surface area contributed by atoms with Gasteiger partial charge in [-0.25, -0.2) is 0 Å². The van der Waals surface area contributed by atoms with Crippen molar-refractivity contribution in [3.8, 4) is 11.5 Å². The van der Waals surface area contributed by atoms with Crippen LogP contribution in [0, 0.1) is 0 Å². The molecule has 3 N–H and O–H groups in total. The highest BCUT2D eigenvalue weighted by molar-refractivity contribution is 6.06. The lowest BCUT2D eigenvalue weighted by molar-refractivity contribution is 0.102. The number of benzene rings is 2. The maximum Gasteiger partial charge on any atom is 0.314 e. The third-order valence-corrected chi connectivity index (χ3v) is 3.61. The van der Waals surface area contributed by atoms with Crippen molar-refractivity contribution in [2.75, 3.05) is 12.1 Å². The van der Waals surface area contributed by atoms with Gasteiger partial charge in [-0.15, -0.1) is 0 Å². The van der Waals surface area contributed by atoms with E-state index in [9.17, 15) is 14.4 Å². The Hall–Kier alpha value is -3.55. The van der Waals surface area contributed by atoms with E-state index in [4.69, 9.17) is 9.47 Å². The molecule has 0 saturated carbocycles. The van der Waals surface area contributed by atoms with Crippen LogP contribution in [0.25, 0.3) is 11.0 Å². The quantitative estimate of drug-likeness (QED) is 0.613. The standard InChI is InChI=1S/C16H11N3O5/c20-14(17-9-2-4-12-13(6-9)24-7-23-12)8-1-3-10-11(5-8)19-16(22)15(21)18-10/h1-6H,7H2,(H,17,20)(H,18,21)(H,19,22). The molecule has 0 saturated heterocycles. The van der Waals surface area contributed by atoms with E-state index in [-0.39, 0.29) is 12.7 Å². The number of aromatic amines is 2. The van der Waals surface area contributed by atoms with Crippen LogP contribution < -0.4 is 25.9 Å². The zero-order valence-corrected chi connectivity index (χ0v) is 12.2. The molecule has 8 nitrogen and oxygen atoms in total. The normalized spacial score (nSPS) is 12.3. The minimum Gasteiger partial charge on any atom is -0.454 e. The fraction of sp³-hybridized carbons (Fsp3) is 0.0625. The average molecular weight is 325 g/mol. The summed E-state index contributed by atoms with van der Waals surface area (Å²) in [7, 11) is 0. The Morgan fingerprint density at radius 1 is 0.917 bits per heavy atom. The first kappa shape index (κ1) is 14.1. The van der Waals surface area contributed by atoms with E-state index in [2.05, 4.69) is 15.3 Å². The Kier molecular flexibility index (Phi) is 3.09. The number of nitrogens with one attached hydrogen (secondary N) is 3. The molecule has 0 aliphatic carbocycles. The van der Waals surface area contributed by atoms with Crippen LogP contribution in [0.2, 0.25) is 0 Å². The van der Waals surface area contributed by atoms with Gasteiger partial charge in [0, 0.05) is 17.3 Å². The van der Waals surface area contributed by atoms with Crippen LogP contribution in [-0.4, -0.2) is 22.7 Å². The van der Waals surface area contributed by atoms with Crippen molar-refractivity contribution in [3.05, 3.63) is 62.7 Å². The maximum absolute atomic E-state index is 12.4. The van der Waals surface area contributed by atoms with Crippen molar-refractivity contribution < 1.29 is 14.3 Å². The van der Waals surface area contributed by atoms with Gasteiger partial charge in [-0.2, -0.15) is 0 Å². The van der Waals surface area contributed by atoms with E-state index in [1.807, 2.05) is 0 Å². The summed E-state index contributed by atoms with van der Waals surface area (Å²) in [4.78, 5) is 39.9. The molecule has 24 heavy (non-hydrogen) atoms. The molecule has 2 aromatic carbocycles. The summed E-state index contributed by atoms with van der Waals surface area (Å²) in [5.74, 6) is 0.830. The van der Waals surface area contributed by atoms with Gasteiger partial charge in [-0.1, -0.05) is 0 Å². The lowest BCUT2D eigenvalue weighted by Gasteiger charge is -2.07. The fourth-order valence-corrected chi connectivity index (χ4v) is 2.43.